The van der Waals surface area contributed by atoms with Gasteiger partial charge in [0, 0.05) is 51.7 Å². The number of hydrogen-bond donors (Lipinski definition) is 3. The van der Waals surface area contributed by atoms with Gasteiger partial charge in [-0.25, -0.2) is 4.98 Å². The first-order valence-corrected chi connectivity index (χ1v) is 10.7. The molecule has 0 aromatic carbocycles. The largest absolute Gasteiger partial charge is 0.378 e. The summed E-state index contributed by atoms with van der Waals surface area (Å²) in [6, 6.07) is 0. The summed E-state index contributed by atoms with van der Waals surface area (Å²) in [6.07, 6.45) is 6.47. The van der Waals surface area contributed by atoms with Crippen LogP contribution in [0.3, 0.4) is 0 Å². The van der Waals surface area contributed by atoms with Crippen LogP contribution in [0, 0.1) is 0 Å². The Bertz CT molecular complexity index is 726. The van der Waals surface area contributed by atoms with Crippen molar-refractivity contribution < 1.29 is 14.2 Å². The first kappa shape index (κ1) is 23.1. The van der Waals surface area contributed by atoms with Gasteiger partial charge < -0.3 is 40.0 Å². The van der Waals surface area contributed by atoms with E-state index in [2.05, 4.69) is 35.5 Å². The molecule has 0 saturated carbocycles. The Morgan fingerprint density at radius 2 is 1.71 bits per heavy atom. The van der Waals surface area contributed by atoms with Crippen LogP contribution in [-0.4, -0.2) is 96.9 Å². The van der Waals surface area contributed by atoms with Gasteiger partial charge in [-0.15, -0.1) is 0 Å². The lowest BCUT2D eigenvalue weighted by atomic mass is 10.4. The quantitative estimate of drug-likeness (QED) is 0.321. The van der Waals surface area contributed by atoms with Crippen molar-refractivity contribution in [3.8, 4) is 0 Å². The van der Waals surface area contributed by atoms with Crippen molar-refractivity contribution in [2.24, 2.45) is 5.73 Å². The molecule has 12 heteroatoms. The molecule has 0 atom stereocenters. The van der Waals surface area contributed by atoms with Gasteiger partial charge in [-0.05, 0) is 6.42 Å². The SMILES string of the molecule is NCCOCCOCCNc1nc(NCCCn2ccnc2)nc(N2CCOCC2)n1. The standard InChI is InChI=1S/C19H33N9O3/c20-2-10-29-14-15-30-11-5-23-18-24-17(22-3-1-6-27-7-4-21-16-27)25-19(26-18)28-8-12-31-13-9-28/h4,7,16H,1-3,5-6,8-15,20H2,(H2,22,23,24,25,26). The van der Waals surface area contributed by atoms with Crippen molar-refractivity contribution in [3.05, 3.63) is 18.7 Å². The Labute approximate surface area is 182 Å². The third kappa shape index (κ3) is 8.61. The van der Waals surface area contributed by atoms with Crippen molar-refractivity contribution in [2.45, 2.75) is 13.0 Å². The maximum Gasteiger partial charge on any atom is 0.232 e. The molecule has 0 radical (unpaired) electrons. The van der Waals surface area contributed by atoms with E-state index in [4.69, 9.17) is 19.9 Å². The Morgan fingerprint density at radius 1 is 0.968 bits per heavy atom. The molecule has 2 aromatic heterocycles. The lowest BCUT2D eigenvalue weighted by Crippen LogP contribution is -2.37. The molecule has 1 aliphatic rings. The molecule has 1 fully saturated rings. The maximum atomic E-state index is 5.54. The molecule has 0 bridgehead atoms. The van der Waals surface area contributed by atoms with Crippen LogP contribution in [0.5, 0.6) is 0 Å². The number of hydrogen-bond acceptors (Lipinski definition) is 11. The van der Waals surface area contributed by atoms with Crippen molar-refractivity contribution >= 4 is 17.8 Å². The molecule has 172 valence electrons. The predicted molar refractivity (Wildman–Crippen MR) is 117 cm³/mol. The second-order valence-corrected chi connectivity index (χ2v) is 6.90. The number of rotatable bonds is 15. The third-order valence-electron chi connectivity index (χ3n) is 4.52. The molecule has 1 aliphatic heterocycles. The van der Waals surface area contributed by atoms with Crippen molar-refractivity contribution in [1.82, 2.24) is 24.5 Å². The molecular formula is C19H33N9O3. The first-order chi connectivity index (χ1) is 15.3. The van der Waals surface area contributed by atoms with Gasteiger partial charge >= 0.3 is 0 Å². The summed E-state index contributed by atoms with van der Waals surface area (Å²) in [6.45, 7) is 7.74. The fraction of sp³-hybridized carbons (Fsp3) is 0.684. The summed E-state index contributed by atoms with van der Waals surface area (Å²) in [5.74, 6) is 1.73. The van der Waals surface area contributed by atoms with Gasteiger partial charge in [0.15, 0.2) is 0 Å². The first-order valence-electron chi connectivity index (χ1n) is 10.7. The fourth-order valence-corrected chi connectivity index (χ4v) is 2.95. The van der Waals surface area contributed by atoms with E-state index in [9.17, 15) is 0 Å². The molecule has 1 saturated heterocycles. The molecule has 3 heterocycles. The van der Waals surface area contributed by atoms with Gasteiger partial charge in [0.25, 0.3) is 0 Å². The van der Waals surface area contributed by atoms with Crippen LogP contribution in [0.25, 0.3) is 0 Å². The number of nitrogens with two attached hydrogens (primary N) is 1. The normalized spacial score (nSPS) is 14.0. The number of nitrogens with zero attached hydrogens (tertiary/aromatic N) is 6. The summed E-state index contributed by atoms with van der Waals surface area (Å²) in [5.41, 5.74) is 5.38. The number of anilines is 3. The highest BCUT2D eigenvalue weighted by Crippen LogP contribution is 2.15. The Balaban J connectivity index is 1.48. The van der Waals surface area contributed by atoms with Crippen molar-refractivity contribution in [2.75, 3.05) is 87.9 Å². The zero-order valence-corrected chi connectivity index (χ0v) is 17.9. The number of ether oxygens (including phenoxy) is 3. The molecule has 2 aromatic rings. The van der Waals surface area contributed by atoms with E-state index >= 15 is 0 Å². The minimum Gasteiger partial charge on any atom is -0.378 e. The van der Waals surface area contributed by atoms with Crippen LogP contribution in [0.1, 0.15) is 6.42 Å². The van der Waals surface area contributed by atoms with Crippen LogP contribution < -0.4 is 21.3 Å². The zero-order valence-electron chi connectivity index (χ0n) is 17.9. The minimum absolute atomic E-state index is 0.520. The number of aromatic nitrogens is 5. The predicted octanol–water partition coefficient (Wildman–Crippen LogP) is -0.189. The minimum atomic E-state index is 0.520. The second-order valence-electron chi connectivity index (χ2n) is 6.90. The van der Waals surface area contributed by atoms with Crippen LogP contribution >= 0.6 is 0 Å². The summed E-state index contributed by atoms with van der Waals surface area (Å²) in [4.78, 5) is 19.8. The summed E-state index contributed by atoms with van der Waals surface area (Å²) < 4.78 is 18.3. The molecule has 4 N–H and O–H groups in total. The van der Waals surface area contributed by atoms with Gasteiger partial charge in [0.05, 0.1) is 46.0 Å². The molecule has 12 nitrogen and oxygen atoms in total. The van der Waals surface area contributed by atoms with E-state index in [1.54, 1.807) is 6.20 Å². The molecule has 0 spiro atoms. The van der Waals surface area contributed by atoms with Gasteiger partial charge in [0.2, 0.25) is 17.8 Å². The molecule has 3 rings (SSSR count). The van der Waals surface area contributed by atoms with Gasteiger partial charge in [0.1, 0.15) is 0 Å². The van der Waals surface area contributed by atoms with E-state index in [1.165, 1.54) is 0 Å². The van der Waals surface area contributed by atoms with Crippen molar-refractivity contribution in [1.29, 1.82) is 0 Å². The van der Waals surface area contributed by atoms with Crippen LogP contribution in [0.4, 0.5) is 17.8 Å². The van der Waals surface area contributed by atoms with E-state index in [0.717, 1.165) is 32.6 Å². The van der Waals surface area contributed by atoms with E-state index in [-0.39, 0.29) is 0 Å². The lowest BCUT2D eigenvalue weighted by Gasteiger charge is -2.27. The average Bonchev–Trinajstić information content (AvgIpc) is 3.33. The monoisotopic (exact) mass is 435 g/mol. The summed E-state index contributed by atoms with van der Waals surface area (Å²) in [7, 11) is 0. The van der Waals surface area contributed by atoms with Crippen LogP contribution in [-0.2, 0) is 20.8 Å². The fourth-order valence-electron chi connectivity index (χ4n) is 2.95. The summed E-state index contributed by atoms with van der Waals surface area (Å²) >= 11 is 0. The van der Waals surface area contributed by atoms with E-state index < -0.39 is 0 Å². The highest BCUT2D eigenvalue weighted by molar-refractivity contribution is 5.44. The Kier molecular flexibility index (Phi) is 10.2. The third-order valence-corrected chi connectivity index (χ3v) is 4.52. The van der Waals surface area contributed by atoms with Crippen LogP contribution in [0.15, 0.2) is 18.7 Å². The van der Waals surface area contributed by atoms with E-state index in [1.807, 2.05) is 17.1 Å². The van der Waals surface area contributed by atoms with Crippen LogP contribution in [0.2, 0.25) is 0 Å². The molecule has 0 aliphatic carbocycles. The van der Waals surface area contributed by atoms with Gasteiger partial charge in [-0.1, -0.05) is 0 Å². The van der Waals surface area contributed by atoms with E-state index in [0.29, 0.717) is 70.6 Å². The summed E-state index contributed by atoms with van der Waals surface area (Å²) in [5, 5.41) is 6.53. The molecule has 31 heavy (non-hydrogen) atoms. The molecule has 0 amide bonds. The number of morpholine rings is 1. The number of imidazole rings is 1. The van der Waals surface area contributed by atoms with Crippen molar-refractivity contribution in [3.63, 3.8) is 0 Å². The van der Waals surface area contributed by atoms with Gasteiger partial charge in [-0.3, -0.25) is 0 Å². The topological polar surface area (TPSA) is 138 Å². The highest BCUT2D eigenvalue weighted by Gasteiger charge is 2.16. The number of nitrogens with one attached hydrogen (secondary N) is 2. The highest BCUT2D eigenvalue weighted by atomic mass is 16.5. The molecule has 0 unspecified atom stereocenters. The Hall–Kier alpha value is -2.54. The molecular weight excluding hydrogens is 402 g/mol. The smallest absolute Gasteiger partial charge is 0.232 e. The van der Waals surface area contributed by atoms with Gasteiger partial charge in [-0.2, -0.15) is 15.0 Å². The maximum absolute atomic E-state index is 5.54. The second kappa shape index (κ2) is 13.7. The number of aryl methyl sites for hydroxylation is 1. The average molecular weight is 436 g/mol. The Morgan fingerprint density at radius 3 is 2.42 bits per heavy atom. The lowest BCUT2D eigenvalue weighted by molar-refractivity contribution is 0.0547. The zero-order chi connectivity index (χ0) is 21.6.